The third kappa shape index (κ3) is 4.07. The van der Waals surface area contributed by atoms with Crippen LogP contribution in [0, 0.1) is 6.92 Å². The van der Waals surface area contributed by atoms with Crippen LogP contribution in [0.4, 0.5) is 29.0 Å². The molecule has 8 heteroatoms. The van der Waals surface area contributed by atoms with E-state index in [0.717, 1.165) is 11.4 Å². The molecule has 0 saturated heterocycles. The van der Waals surface area contributed by atoms with Crippen LogP contribution in [-0.2, 0) is 4.79 Å². The third-order valence-corrected chi connectivity index (χ3v) is 3.00. The van der Waals surface area contributed by atoms with Gasteiger partial charge in [-0.15, -0.1) is 0 Å². The first-order valence-electron chi connectivity index (χ1n) is 7.26. The fourth-order valence-corrected chi connectivity index (χ4v) is 2.01. The molecule has 0 unspecified atom stereocenters. The van der Waals surface area contributed by atoms with Crippen LogP contribution in [0.3, 0.4) is 0 Å². The summed E-state index contributed by atoms with van der Waals surface area (Å²) >= 11 is 0. The molecule has 3 aromatic rings. The van der Waals surface area contributed by atoms with Crippen LogP contribution in [0.1, 0.15) is 12.7 Å². The Hall–Kier alpha value is -3.42. The van der Waals surface area contributed by atoms with Crippen LogP contribution in [-0.4, -0.2) is 21.0 Å². The van der Waals surface area contributed by atoms with Crippen LogP contribution >= 0.6 is 0 Å². The summed E-state index contributed by atoms with van der Waals surface area (Å²) in [7, 11) is 0. The topological polar surface area (TPSA) is 105 Å². The largest absolute Gasteiger partial charge is 0.360 e. The van der Waals surface area contributed by atoms with Gasteiger partial charge in [-0.25, -0.2) is 4.98 Å². The normalized spacial score (nSPS) is 10.2. The fraction of sp³-hybridized carbons (Fsp3) is 0.125. The Labute approximate surface area is 138 Å². The Kier molecular flexibility index (Phi) is 4.37. The smallest absolute Gasteiger partial charge is 0.229 e. The molecule has 3 N–H and O–H groups in total. The number of hydrogen-bond acceptors (Lipinski definition) is 7. The average Bonchev–Trinajstić information content (AvgIpc) is 2.94. The van der Waals surface area contributed by atoms with Crippen molar-refractivity contribution in [2.24, 2.45) is 0 Å². The molecule has 3 rings (SSSR count). The molecule has 0 aliphatic heterocycles. The average molecular weight is 324 g/mol. The fourth-order valence-electron chi connectivity index (χ4n) is 2.01. The van der Waals surface area contributed by atoms with Crippen molar-refractivity contribution in [1.29, 1.82) is 0 Å². The first-order chi connectivity index (χ1) is 11.6. The van der Waals surface area contributed by atoms with E-state index in [4.69, 9.17) is 4.52 Å². The lowest BCUT2D eigenvalue weighted by Gasteiger charge is -2.08. The number of amides is 1. The molecule has 8 nitrogen and oxygen atoms in total. The Morgan fingerprint density at radius 1 is 1.04 bits per heavy atom. The Morgan fingerprint density at radius 3 is 2.46 bits per heavy atom. The maximum atomic E-state index is 11.0. The standard InChI is InChI=1S/C16H16N6O2/c1-10-9-15(22-24-10)20-14-7-8-17-16(21-14)19-13-5-3-12(4-6-13)18-11(2)23/h3-9H,1-2H3,(H,18,23)(H2,17,19,20,21,22). The van der Waals surface area contributed by atoms with Crippen molar-refractivity contribution in [2.75, 3.05) is 16.0 Å². The molecule has 0 saturated carbocycles. The number of aromatic nitrogens is 3. The molecule has 2 aromatic heterocycles. The van der Waals surface area contributed by atoms with Crippen molar-refractivity contribution in [3.8, 4) is 0 Å². The predicted octanol–water partition coefficient (Wildman–Crippen LogP) is 3.22. The van der Waals surface area contributed by atoms with E-state index in [1.54, 1.807) is 30.5 Å². The van der Waals surface area contributed by atoms with Crippen molar-refractivity contribution in [3.05, 3.63) is 48.4 Å². The van der Waals surface area contributed by atoms with Gasteiger partial charge in [0.15, 0.2) is 5.82 Å². The van der Waals surface area contributed by atoms with Gasteiger partial charge in [-0.2, -0.15) is 4.98 Å². The van der Waals surface area contributed by atoms with E-state index in [1.807, 2.05) is 19.1 Å². The number of anilines is 5. The van der Waals surface area contributed by atoms with Gasteiger partial charge in [0.05, 0.1) is 0 Å². The Morgan fingerprint density at radius 2 is 1.79 bits per heavy atom. The summed E-state index contributed by atoms with van der Waals surface area (Å²) in [5, 5.41) is 12.7. The van der Waals surface area contributed by atoms with Gasteiger partial charge in [0.25, 0.3) is 0 Å². The molecule has 0 atom stereocenters. The molecule has 0 bridgehead atoms. The first kappa shape index (κ1) is 15.5. The van der Waals surface area contributed by atoms with Gasteiger partial charge in [0.2, 0.25) is 11.9 Å². The van der Waals surface area contributed by atoms with Gasteiger partial charge in [0, 0.05) is 30.6 Å². The molecule has 0 aliphatic rings. The second kappa shape index (κ2) is 6.78. The molecule has 0 spiro atoms. The highest BCUT2D eigenvalue weighted by Crippen LogP contribution is 2.19. The summed E-state index contributed by atoms with van der Waals surface area (Å²) in [6.45, 7) is 3.28. The highest BCUT2D eigenvalue weighted by atomic mass is 16.5. The molecular formula is C16H16N6O2. The van der Waals surface area contributed by atoms with Crippen molar-refractivity contribution in [3.63, 3.8) is 0 Å². The van der Waals surface area contributed by atoms with Gasteiger partial charge in [-0.3, -0.25) is 4.79 Å². The predicted molar refractivity (Wildman–Crippen MR) is 90.6 cm³/mol. The van der Waals surface area contributed by atoms with Gasteiger partial charge < -0.3 is 20.5 Å². The van der Waals surface area contributed by atoms with Crippen molar-refractivity contribution >= 4 is 34.9 Å². The third-order valence-electron chi connectivity index (χ3n) is 3.00. The number of nitrogens with one attached hydrogen (secondary N) is 3. The summed E-state index contributed by atoms with van der Waals surface area (Å²) in [5.41, 5.74) is 1.53. The van der Waals surface area contributed by atoms with E-state index in [-0.39, 0.29) is 5.91 Å². The van der Waals surface area contributed by atoms with Crippen LogP contribution in [0.2, 0.25) is 0 Å². The summed E-state index contributed by atoms with van der Waals surface area (Å²) in [6, 6.07) is 10.8. The van der Waals surface area contributed by atoms with Crippen molar-refractivity contribution in [1.82, 2.24) is 15.1 Å². The van der Waals surface area contributed by atoms with Crippen molar-refractivity contribution < 1.29 is 9.32 Å². The van der Waals surface area contributed by atoms with Crippen molar-refractivity contribution in [2.45, 2.75) is 13.8 Å². The summed E-state index contributed by atoms with van der Waals surface area (Å²) in [4.78, 5) is 19.5. The zero-order valence-corrected chi connectivity index (χ0v) is 13.2. The molecule has 2 heterocycles. The maximum Gasteiger partial charge on any atom is 0.229 e. The number of carbonyl (C=O) groups is 1. The van der Waals surface area contributed by atoms with E-state index in [9.17, 15) is 4.79 Å². The maximum absolute atomic E-state index is 11.0. The second-order valence-corrected chi connectivity index (χ2v) is 5.10. The quantitative estimate of drug-likeness (QED) is 0.661. The number of carbonyl (C=O) groups excluding carboxylic acids is 1. The van der Waals surface area contributed by atoms with E-state index in [1.165, 1.54) is 6.92 Å². The van der Waals surface area contributed by atoms with Crippen LogP contribution in [0.15, 0.2) is 47.1 Å². The molecular weight excluding hydrogens is 308 g/mol. The number of rotatable bonds is 5. The van der Waals surface area contributed by atoms with E-state index in [2.05, 4.69) is 31.1 Å². The minimum Gasteiger partial charge on any atom is -0.360 e. The zero-order valence-electron chi connectivity index (χ0n) is 13.2. The molecule has 0 aliphatic carbocycles. The Bertz CT molecular complexity index is 844. The molecule has 1 amide bonds. The van der Waals surface area contributed by atoms with Gasteiger partial charge in [-0.05, 0) is 37.3 Å². The number of benzene rings is 1. The Balaban J connectivity index is 1.69. The lowest BCUT2D eigenvalue weighted by Crippen LogP contribution is -2.05. The minimum absolute atomic E-state index is 0.110. The lowest BCUT2D eigenvalue weighted by atomic mass is 10.3. The summed E-state index contributed by atoms with van der Waals surface area (Å²) in [5.74, 6) is 2.21. The lowest BCUT2D eigenvalue weighted by molar-refractivity contribution is -0.114. The molecule has 1 aromatic carbocycles. The number of aryl methyl sites for hydroxylation is 1. The second-order valence-electron chi connectivity index (χ2n) is 5.10. The molecule has 24 heavy (non-hydrogen) atoms. The van der Waals surface area contributed by atoms with Gasteiger partial charge >= 0.3 is 0 Å². The van der Waals surface area contributed by atoms with Crippen LogP contribution in [0.5, 0.6) is 0 Å². The van der Waals surface area contributed by atoms with Crippen LogP contribution < -0.4 is 16.0 Å². The van der Waals surface area contributed by atoms with Gasteiger partial charge in [-0.1, -0.05) is 5.16 Å². The zero-order chi connectivity index (χ0) is 16.9. The van der Waals surface area contributed by atoms with E-state index < -0.39 is 0 Å². The highest BCUT2D eigenvalue weighted by Gasteiger charge is 2.04. The van der Waals surface area contributed by atoms with Crippen LogP contribution in [0.25, 0.3) is 0 Å². The SMILES string of the molecule is CC(=O)Nc1ccc(Nc2nccc(Nc3cc(C)on3)n2)cc1. The molecule has 0 radical (unpaired) electrons. The highest BCUT2D eigenvalue weighted by molar-refractivity contribution is 5.88. The summed E-state index contributed by atoms with van der Waals surface area (Å²) in [6.07, 6.45) is 1.64. The summed E-state index contributed by atoms with van der Waals surface area (Å²) < 4.78 is 5.00. The number of hydrogen-bond donors (Lipinski definition) is 3. The van der Waals surface area contributed by atoms with Gasteiger partial charge in [0.1, 0.15) is 11.6 Å². The van der Waals surface area contributed by atoms with E-state index >= 15 is 0 Å². The molecule has 122 valence electrons. The van der Waals surface area contributed by atoms with E-state index in [0.29, 0.717) is 23.3 Å². The molecule has 0 fully saturated rings. The number of nitrogens with zero attached hydrogens (tertiary/aromatic N) is 3. The minimum atomic E-state index is -0.110. The monoisotopic (exact) mass is 324 g/mol. The first-order valence-corrected chi connectivity index (χ1v) is 7.26.